The second kappa shape index (κ2) is 10.3. The average Bonchev–Trinajstić information content (AvgIpc) is 2.74. The molecule has 1 aliphatic heterocycles. The molecule has 4 rings (SSSR count). The summed E-state index contributed by atoms with van der Waals surface area (Å²) in [5.74, 6) is 0.0831. The summed E-state index contributed by atoms with van der Waals surface area (Å²) in [5, 5.41) is 4.31. The molecule has 0 unspecified atom stereocenters. The Balaban J connectivity index is 0.00000160. The zero-order valence-corrected chi connectivity index (χ0v) is 19.3. The number of pyridine rings is 1. The number of benzene rings is 2. The summed E-state index contributed by atoms with van der Waals surface area (Å²) in [6, 6.07) is 16.5. The summed E-state index contributed by atoms with van der Waals surface area (Å²) in [6.07, 6.45) is 1.99. The first-order valence-corrected chi connectivity index (χ1v) is 10.00. The molecule has 30 heavy (non-hydrogen) atoms. The maximum atomic E-state index is 13.5. The van der Waals surface area contributed by atoms with Crippen molar-refractivity contribution in [3.05, 3.63) is 65.2 Å². The van der Waals surface area contributed by atoms with E-state index in [1.54, 1.807) is 0 Å². The summed E-state index contributed by atoms with van der Waals surface area (Å²) in [7, 11) is 1.94. The Morgan fingerprint density at radius 3 is 2.30 bits per heavy atom. The zero-order valence-electron chi connectivity index (χ0n) is 17.6. The molecule has 2 heterocycles. The Morgan fingerprint density at radius 1 is 1.00 bits per heavy atom. The fraction of sp³-hybridized carbons (Fsp3) is 0.333. The third-order valence-electron chi connectivity index (χ3n) is 5.90. The van der Waals surface area contributed by atoms with Crippen molar-refractivity contribution in [2.75, 3.05) is 20.1 Å². The van der Waals surface area contributed by atoms with Crippen molar-refractivity contribution in [3.8, 4) is 11.3 Å². The van der Waals surface area contributed by atoms with Gasteiger partial charge in [0.05, 0.1) is 16.8 Å². The van der Waals surface area contributed by atoms with Crippen LogP contribution in [0.3, 0.4) is 0 Å². The minimum absolute atomic E-state index is 0. The molecule has 0 atom stereocenters. The van der Waals surface area contributed by atoms with E-state index in [4.69, 9.17) is 4.98 Å². The molecule has 3 aromatic rings. The van der Waals surface area contributed by atoms with Crippen LogP contribution in [0.4, 0.5) is 0 Å². The molecule has 1 amide bonds. The van der Waals surface area contributed by atoms with Gasteiger partial charge in [-0.1, -0.05) is 30.3 Å². The van der Waals surface area contributed by atoms with E-state index in [-0.39, 0.29) is 36.8 Å². The summed E-state index contributed by atoms with van der Waals surface area (Å²) < 4.78 is 0. The Morgan fingerprint density at radius 2 is 1.63 bits per heavy atom. The van der Waals surface area contributed by atoms with Gasteiger partial charge in [-0.25, -0.2) is 4.98 Å². The average molecular weight is 446 g/mol. The molecule has 0 spiro atoms. The fourth-order valence-corrected chi connectivity index (χ4v) is 3.97. The lowest BCUT2D eigenvalue weighted by Gasteiger charge is -2.32. The van der Waals surface area contributed by atoms with Crippen molar-refractivity contribution in [1.29, 1.82) is 0 Å². The lowest BCUT2D eigenvalue weighted by molar-refractivity contribution is 0.0705. The third kappa shape index (κ3) is 4.77. The lowest BCUT2D eigenvalue weighted by Crippen LogP contribution is -2.44. The number of nitrogens with one attached hydrogen (secondary N) is 1. The Hall–Kier alpha value is -2.14. The van der Waals surface area contributed by atoms with Gasteiger partial charge in [0.15, 0.2) is 0 Å². The number of piperidine rings is 1. The number of hydrogen-bond acceptors (Lipinski definition) is 3. The molecule has 1 N–H and O–H groups in total. The van der Waals surface area contributed by atoms with Gasteiger partial charge >= 0.3 is 0 Å². The van der Waals surface area contributed by atoms with Gasteiger partial charge < -0.3 is 10.2 Å². The Kier molecular flexibility index (Phi) is 8.25. The first-order valence-electron chi connectivity index (χ1n) is 10.00. The predicted octanol–water partition coefficient (Wildman–Crippen LogP) is 5.19. The zero-order chi connectivity index (χ0) is 19.7. The summed E-state index contributed by atoms with van der Waals surface area (Å²) in [4.78, 5) is 20.3. The molecule has 1 fully saturated rings. The van der Waals surface area contributed by atoms with Crippen LogP contribution in [0, 0.1) is 13.8 Å². The van der Waals surface area contributed by atoms with E-state index in [2.05, 4.69) is 31.3 Å². The molecule has 1 aromatic heterocycles. The fourth-order valence-electron chi connectivity index (χ4n) is 3.97. The van der Waals surface area contributed by atoms with Gasteiger partial charge in [0.2, 0.25) is 0 Å². The van der Waals surface area contributed by atoms with Crippen LogP contribution in [0.2, 0.25) is 0 Å². The second-order valence-corrected chi connectivity index (χ2v) is 7.77. The van der Waals surface area contributed by atoms with Gasteiger partial charge in [0.1, 0.15) is 0 Å². The third-order valence-corrected chi connectivity index (χ3v) is 5.90. The molecule has 0 aliphatic carbocycles. The van der Waals surface area contributed by atoms with Crippen LogP contribution in [0.25, 0.3) is 22.2 Å². The number of aryl methyl sites for hydroxylation is 2. The number of rotatable bonds is 3. The molecule has 6 heteroatoms. The number of amides is 1. The lowest BCUT2D eigenvalue weighted by atomic mass is 9.98. The SMILES string of the molecule is Cc1cc2nc(-c3ccccc3)cc(C(=O)N(C)C3CCNCC3)c2cc1C.Cl.Cl. The molecule has 1 saturated heterocycles. The van der Waals surface area contributed by atoms with E-state index in [1.807, 2.05) is 48.3 Å². The maximum absolute atomic E-state index is 13.5. The molecule has 0 radical (unpaired) electrons. The highest BCUT2D eigenvalue weighted by Gasteiger charge is 2.25. The standard InChI is InChI=1S/C24H27N3O.2ClH/c1-16-13-20-21(24(28)27(3)19-9-11-25-12-10-19)15-22(18-7-5-4-6-8-18)26-23(20)14-17(16)2;;/h4-8,13-15,19,25H,9-12H2,1-3H3;2*1H. The number of hydrogen-bond donors (Lipinski definition) is 1. The van der Waals surface area contributed by atoms with Gasteiger partial charge in [-0.3, -0.25) is 4.79 Å². The van der Waals surface area contributed by atoms with E-state index in [0.717, 1.165) is 53.7 Å². The van der Waals surface area contributed by atoms with Gasteiger partial charge in [-0.2, -0.15) is 0 Å². The highest BCUT2D eigenvalue weighted by Crippen LogP contribution is 2.28. The van der Waals surface area contributed by atoms with Crippen molar-refractivity contribution >= 4 is 41.6 Å². The molecule has 0 saturated carbocycles. The molecule has 1 aliphatic rings. The van der Waals surface area contributed by atoms with Gasteiger partial charge in [-0.15, -0.1) is 24.8 Å². The van der Waals surface area contributed by atoms with Crippen LogP contribution in [-0.2, 0) is 0 Å². The van der Waals surface area contributed by atoms with Crippen molar-refractivity contribution in [1.82, 2.24) is 15.2 Å². The molecule has 2 aromatic carbocycles. The van der Waals surface area contributed by atoms with Crippen LogP contribution < -0.4 is 5.32 Å². The van der Waals surface area contributed by atoms with E-state index < -0.39 is 0 Å². The number of halogens is 2. The molecule has 160 valence electrons. The van der Waals surface area contributed by atoms with Crippen LogP contribution in [0.5, 0.6) is 0 Å². The van der Waals surface area contributed by atoms with Crippen molar-refractivity contribution in [2.45, 2.75) is 32.7 Å². The molecule has 0 bridgehead atoms. The normalized spacial score (nSPS) is 14.0. The Labute approximate surface area is 190 Å². The summed E-state index contributed by atoms with van der Waals surface area (Å²) >= 11 is 0. The highest BCUT2D eigenvalue weighted by atomic mass is 35.5. The number of carbonyl (C=O) groups excluding carboxylic acids is 1. The largest absolute Gasteiger partial charge is 0.339 e. The maximum Gasteiger partial charge on any atom is 0.254 e. The molecular formula is C24H29Cl2N3O. The van der Waals surface area contributed by atoms with Crippen LogP contribution in [0.1, 0.15) is 34.3 Å². The quantitative estimate of drug-likeness (QED) is 0.603. The highest BCUT2D eigenvalue weighted by molar-refractivity contribution is 6.07. The van der Waals surface area contributed by atoms with Gasteiger partial charge in [0.25, 0.3) is 5.91 Å². The number of nitrogens with zero attached hydrogens (tertiary/aromatic N) is 2. The van der Waals surface area contributed by atoms with Crippen LogP contribution in [-0.4, -0.2) is 42.0 Å². The number of carbonyl (C=O) groups is 1. The summed E-state index contributed by atoms with van der Waals surface area (Å²) in [5.41, 5.74) is 5.87. The van der Waals surface area contributed by atoms with Crippen molar-refractivity contribution < 1.29 is 4.79 Å². The minimum atomic E-state index is 0. The topological polar surface area (TPSA) is 45.2 Å². The van der Waals surface area contributed by atoms with Crippen molar-refractivity contribution in [2.24, 2.45) is 0 Å². The number of aromatic nitrogens is 1. The molecule has 4 nitrogen and oxygen atoms in total. The smallest absolute Gasteiger partial charge is 0.254 e. The van der Waals surface area contributed by atoms with E-state index in [9.17, 15) is 4.79 Å². The number of fused-ring (bicyclic) bond motifs is 1. The van der Waals surface area contributed by atoms with Crippen LogP contribution >= 0.6 is 24.8 Å². The monoisotopic (exact) mass is 445 g/mol. The van der Waals surface area contributed by atoms with E-state index in [1.165, 1.54) is 11.1 Å². The van der Waals surface area contributed by atoms with E-state index >= 15 is 0 Å². The van der Waals surface area contributed by atoms with Gasteiger partial charge in [-0.05, 0) is 69.1 Å². The minimum Gasteiger partial charge on any atom is -0.339 e. The van der Waals surface area contributed by atoms with E-state index in [0.29, 0.717) is 0 Å². The van der Waals surface area contributed by atoms with Crippen molar-refractivity contribution in [3.63, 3.8) is 0 Å². The predicted molar refractivity (Wildman–Crippen MR) is 129 cm³/mol. The first-order chi connectivity index (χ1) is 13.5. The van der Waals surface area contributed by atoms with Gasteiger partial charge in [0, 0.05) is 24.0 Å². The first kappa shape index (κ1) is 24.1. The second-order valence-electron chi connectivity index (χ2n) is 7.77. The Bertz CT molecular complexity index is 1020. The summed E-state index contributed by atoms with van der Waals surface area (Å²) in [6.45, 7) is 6.11. The molecular weight excluding hydrogens is 417 g/mol. The van der Waals surface area contributed by atoms with Crippen LogP contribution in [0.15, 0.2) is 48.5 Å².